The Labute approximate surface area is 198 Å². The van der Waals surface area contributed by atoms with Crippen molar-refractivity contribution >= 4 is 20.8 Å². The van der Waals surface area contributed by atoms with Gasteiger partial charge in [-0.15, -0.1) is 0 Å². The highest BCUT2D eigenvalue weighted by Gasteiger charge is 2.39. The molecule has 0 unspecified atom stereocenters. The molecule has 0 aromatic heterocycles. The Bertz CT molecular complexity index is 877. The predicted octanol–water partition coefficient (Wildman–Crippen LogP) is 5.83. The van der Waals surface area contributed by atoms with Crippen molar-refractivity contribution in [2.45, 2.75) is 46.1 Å². The number of carboxylic acids is 1. The third-order valence-electron chi connectivity index (χ3n) is 5.22. The largest absolute Gasteiger partial charge is 0.500 e. The minimum absolute atomic E-state index is 0.606. The first-order chi connectivity index (χ1) is 16.0. The van der Waals surface area contributed by atoms with Crippen molar-refractivity contribution in [1.29, 1.82) is 0 Å². The van der Waals surface area contributed by atoms with Gasteiger partial charge in [-0.3, -0.25) is 0 Å². The molecule has 0 aliphatic rings. The third kappa shape index (κ3) is 8.44. The van der Waals surface area contributed by atoms with E-state index in [1.165, 1.54) is 11.6 Å². The van der Waals surface area contributed by atoms with Gasteiger partial charge in [-0.25, -0.2) is 4.79 Å². The van der Waals surface area contributed by atoms with Crippen LogP contribution in [0.25, 0.3) is 17.2 Å². The van der Waals surface area contributed by atoms with Crippen molar-refractivity contribution in [3.8, 4) is 16.9 Å². The molecule has 0 amide bonds. The standard InChI is InChI=1S/C26H36O6Si/c1-5-30-33(31-6-2,32-7-3)19-9-8-10-21-11-13-22(14-12-21)24-16-15-23(17-18-26(27)28)25(20-24)29-4/h11-18,20H,5-10,19H2,1-4H3,(H,27,28)/b18-17+. The van der Waals surface area contributed by atoms with Crippen molar-refractivity contribution in [2.75, 3.05) is 26.9 Å². The average Bonchev–Trinajstić information content (AvgIpc) is 2.81. The molecule has 180 valence electrons. The summed E-state index contributed by atoms with van der Waals surface area (Å²) < 4.78 is 23.2. The summed E-state index contributed by atoms with van der Waals surface area (Å²) in [5.41, 5.74) is 4.11. The van der Waals surface area contributed by atoms with Crippen LogP contribution in [0.1, 0.15) is 44.7 Å². The summed E-state index contributed by atoms with van der Waals surface area (Å²) >= 11 is 0. The molecule has 0 fully saturated rings. The second kappa shape index (κ2) is 13.9. The van der Waals surface area contributed by atoms with Crippen LogP contribution in [0.15, 0.2) is 48.5 Å². The molecule has 6 nitrogen and oxygen atoms in total. The van der Waals surface area contributed by atoms with Crippen LogP contribution < -0.4 is 4.74 Å². The Morgan fingerprint density at radius 2 is 1.52 bits per heavy atom. The Hall–Kier alpha value is -2.45. The summed E-state index contributed by atoms with van der Waals surface area (Å²) in [6.07, 6.45) is 5.66. The first-order valence-electron chi connectivity index (χ1n) is 11.6. The fourth-order valence-electron chi connectivity index (χ4n) is 3.73. The summed E-state index contributed by atoms with van der Waals surface area (Å²) in [5.74, 6) is -0.349. The second-order valence-corrected chi connectivity index (χ2v) is 10.2. The lowest BCUT2D eigenvalue weighted by Crippen LogP contribution is -2.45. The van der Waals surface area contributed by atoms with Gasteiger partial charge in [0, 0.05) is 37.5 Å². The van der Waals surface area contributed by atoms with Gasteiger partial charge < -0.3 is 23.1 Å². The molecule has 33 heavy (non-hydrogen) atoms. The van der Waals surface area contributed by atoms with E-state index >= 15 is 0 Å². The molecule has 0 aliphatic carbocycles. The topological polar surface area (TPSA) is 74.2 Å². The highest BCUT2D eigenvalue weighted by atomic mass is 28.4. The van der Waals surface area contributed by atoms with Crippen LogP contribution in [-0.2, 0) is 24.5 Å². The molecule has 0 spiro atoms. The van der Waals surface area contributed by atoms with Gasteiger partial charge in [-0.05, 0) is 68.9 Å². The quantitative estimate of drug-likeness (QED) is 0.200. The third-order valence-corrected chi connectivity index (χ3v) is 8.37. The molecule has 0 aliphatic heterocycles. The normalized spacial score (nSPS) is 11.8. The van der Waals surface area contributed by atoms with Crippen molar-refractivity contribution in [2.24, 2.45) is 0 Å². The number of methoxy groups -OCH3 is 1. The van der Waals surface area contributed by atoms with Gasteiger partial charge in [-0.1, -0.05) is 36.4 Å². The second-order valence-electron chi connectivity index (χ2n) is 7.51. The van der Waals surface area contributed by atoms with Crippen LogP contribution in [0.4, 0.5) is 0 Å². The monoisotopic (exact) mass is 472 g/mol. The highest BCUT2D eigenvalue weighted by molar-refractivity contribution is 6.60. The zero-order valence-electron chi connectivity index (χ0n) is 20.1. The number of hydrogen-bond acceptors (Lipinski definition) is 5. The SMILES string of the molecule is CCO[Si](CCCCc1ccc(-c2ccc(/C=C/C(=O)O)c(OC)c2)cc1)(OCC)OCC. The summed E-state index contributed by atoms with van der Waals surface area (Å²) in [5, 5.41) is 8.84. The molecule has 0 saturated heterocycles. The van der Waals surface area contributed by atoms with Crippen molar-refractivity contribution < 1.29 is 27.9 Å². The van der Waals surface area contributed by atoms with Crippen LogP contribution in [0.2, 0.25) is 6.04 Å². The first kappa shape index (κ1) is 26.8. The first-order valence-corrected chi connectivity index (χ1v) is 13.5. The molecule has 0 heterocycles. The van der Waals surface area contributed by atoms with Crippen molar-refractivity contribution in [1.82, 2.24) is 0 Å². The molecule has 2 aromatic carbocycles. The maximum atomic E-state index is 10.8. The van der Waals surface area contributed by atoms with Crippen LogP contribution in [-0.4, -0.2) is 46.8 Å². The number of hydrogen-bond donors (Lipinski definition) is 1. The van der Waals surface area contributed by atoms with E-state index in [4.69, 9.17) is 23.1 Å². The van der Waals surface area contributed by atoms with E-state index < -0.39 is 14.8 Å². The Morgan fingerprint density at radius 3 is 2.06 bits per heavy atom. The van der Waals surface area contributed by atoms with E-state index in [-0.39, 0.29) is 0 Å². The lowest BCUT2D eigenvalue weighted by molar-refractivity contribution is -0.131. The van der Waals surface area contributed by atoms with Crippen LogP contribution in [0.5, 0.6) is 5.75 Å². The van der Waals surface area contributed by atoms with Gasteiger partial charge in [0.2, 0.25) is 0 Å². The molecular formula is C26H36O6Si. The molecule has 0 atom stereocenters. The number of benzene rings is 2. The van der Waals surface area contributed by atoms with Gasteiger partial charge in [-0.2, -0.15) is 0 Å². The van der Waals surface area contributed by atoms with Gasteiger partial charge in [0.15, 0.2) is 0 Å². The van der Waals surface area contributed by atoms with Gasteiger partial charge >= 0.3 is 14.8 Å². The minimum atomic E-state index is -2.56. The molecule has 1 N–H and O–H groups in total. The number of aliphatic carboxylic acids is 1. The summed E-state index contributed by atoms with van der Waals surface area (Å²) in [7, 11) is -0.978. The van der Waals surface area contributed by atoms with E-state index in [0.29, 0.717) is 25.6 Å². The average molecular weight is 473 g/mol. The maximum Gasteiger partial charge on any atom is 0.500 e. The molecule has 2 rings (SSSR count). The minimum Gasteiger partial charge on any atom is -0.496 e. The fourth-order valence-corrected chi connectivity index (χ4v) is 6.41. The summed E-state index contributed by atoms with van der Waals surface area (Å²) in [6, 6.07) is 15.1. The van der Waals surface area contributed by atoms with E-state index in [0.717, 1.165) is 48.1 Å². The van der Waals surface area contributed by atoms with Gasteiger partial charge in [0.05, 0.1) is 7.11 Å². The number of carbonyl (C=O) groups is 1. The number of unbranched alkanes of at least 4 members (excludes halogenated alkanes) is 1. The molecule has 2 aromatic rings. The van der Waals surface area contributed by atoms with Gasteiger partial charge in [0.25, 0.3) is 0 Å². The van der Waals surface area contributed by atoms with E-state index in [1.807, 2.05) is 39.0 Å². The van der Waals surface area contributed by atoms with Crippen LogP contribution in [0.3, 0.4) is 0 Å². The van der Waals surface area contributed by atoms with Crippen molar-refractivity contribution in [3.63, 3.8) is 0 Å². The van der Waals surface area contributed by atoms with E-state index in [9.17, 15) is 4.79 Å². The maximum absolute atomic E-state index is 10.8. The summed E-state index contributed by atoms with van der Waals surface area (Å²) in [6.45, 7) is 7.77. The van der Waals surface area contributed by atoms with Crippen LogP contribution >= 0.6 is 0 Å². The molecule has 0 radical (unpaired) electrons. The summed E-state index contributed by atoms with van der Waals surface area (Å²) in [4.78, 5) is 10.8. The molecule has 0 bridgehead atoms. The predicted molar refractivity (Wildman–Crippen MR) is 133 cm³/mol. The Balaban J connectivity index is 1.98. The van der Waals surface area contributed by atoms with Gasteiger partial charge in [0.1, 0.15) is 5.75 Å². The molecular weight excluding hydrogens is 436 g/mol. The van der Waals surface area contributed by atoms with Crippen molar-refractivity contribution in [3.05, 3.63) is 59.7 Å². The molecule has 7 heteroatoms. The zero-order valence-corrected chi connectivity index (χ0v) is 21.1. The number of aryl methyl sites for hydroxylation is 1. The Morgan fingerprint density at radius 1 is 0.909 bits per heavy atom. The van der Waals surface area contributed by atoms with E-state index in [1.54, 1.807) is 7.11 Å². The highest BCUT2D eigenvalue weighted by Crippen LogP contribution is 2.29. The number of rotatable bonds is 15. The lowest BCUT2D eigenvalue weighted by Gasteiger charge is -2.28. The lowest BCUT2D eigenvalue weighted by atomic mass is 10.00. The smallest absolute Gasteiger partial charge is 0.496 e. The van der Waals surface area contributed by atoms with E-state index in [2.05, 4.69) is 24.3 Å². The number of ether oxygens (including phenoxy) is 1. The fraction of sp³-hybridized carbons (Fsp3) is 0.423. The zero-order chi connectivity index (χ0) is 24.1. The molecule has 0 saturated carbocycles. The van der Waals surface area contributed by atoms with Crippen LogP contribution in [0, 0.1) is 0 Å². The number of carboxylic acid groups (broad SMARTS) is 1. The Kier molecular flexibility index (Phi) is 11.3.